The van der Waals surface area contributed by atoms with Crippen molar-refractivity contribution in [1.82, 2.24) is 14.7 Å². The zero-order chi connectivity index (χ0) is 18.3. The molecule has 1 saturated heterocycles. The minimum Gasteiger partial charge on any atom is -0.476 e. The van der Waals surface area contributed by atoms with Crippen molar-refractivity contribution < 1.29 is 15.0 Å². The van der Waals surface area contributed by atoms with Crippen LogP contribution in [0.4, 0.5) is 0 Å². The lowest BCUT2D eigenvalue weighted by Crippen LogP contribution is -2.21. The van der Waals surface area contributed by atoms with Crippen molar-refractivity contribution in [3.05, 3.63) is 58.2 Å². The number of aromatic nitrogens is 2. The van der Waals surface area contributed by atoms with E-state index in [0.717, 1.165) is 34.2 Å². The average molecular weight is 416 g/mol. The summed E-state index contributed by atoms with van der Waals surface area (Å²) in [5, 5.41) is 24.2. The van der Waals surface area contributed by atoms with Gasteiger partial charge >= 0.3 is 5.97 Å². The monoisotopic (exact) mass is 415 g/mol. The fourth-order valence-corrected chi connectivity index (χ4v) is 3.83. The van der Waals surface area contributed by atoms with Gasteiger partial charge in [-0.1, -0.05) is 28.1 Å². The molecule has 1 unspecified atom stereocenters. The van der Waals surface area contributed by atoms with Crippen LogP contribution in [0.1, 0.15) is 22.5 Å². The number of likely N-dealkylation sites (tertiary alicyclic amines) is 1. The summed E-state index contributed by atoms with van der Waals surface area (Å²) in [7, 11) is 0. The lowest BCUT2D eigenvalue weighted by Gasteiger charge is -2.15. The van der Waals surface area contributed by atoms with Crippen LogP contribution in [-0.2, 0) is 6.54 Å². The zero-order valence-corrected chi connectivity index (χ0v) is 15.6. The zero-order valence-electron chi connectivity index (χ0n) is 14.0. The molecule has 6 nitrogen and oxygen atoms in total. The number of carboxylic acid groups (broad SMARTS) is 1. The summed E-state index contributed by atoms with van der Waals surface area (Å²) in [5.74, 6) is -1.04. The van der Waals surface area contributed by atoms with Crippen LogP contribution in [0.15, 0.2) is 46.9 Å². The van der Waals surface area contributed by atoms with E-state index in [0.29, 0.717) is 18.5 Å². The largest absolute Gasteiger partial charge is 0.476 e. The minimum absolute atomic E-state index is 0.0447. The SMILES string of the molecule is O=C(O)c1nn(-c2cccc(Br)c2)c2ccc(CN3CCC(O)C3)cc12. The standard InChI is InChI=1S/C19H18BrN3O3/c20-13-2-1-3-14(9-13)23-17-5-4-12(10-22-7-6-15(24)11-22)8-16(17)18(21-23)19(25)26/h1-5,8-9,15,24H,6-7,10-11H2,(H,25,26). The van der Waals surface area contributed by atoms with Gasteiger partial charge in [-0.15, -0.1) is 0 Å². The van der Waals surface area contributed by atoms with E-state index in [9.17, 15) is 15.0 Å². The maximum Gasteiger partial charge on any atom is 0.357 e. The summed E-state index contributed by atoms with van der Waals surface area (Å²) in [5.41, 5.74) is 2.61. The van der Waals surface area contributed by atoms with Gasteiger partial charge in [0.15, 0.2) is 5.69 Å². The Morgan fingerprint density at radius 3 is 2.81 bits per heavy atom. The fraction of sp³-hybridized carbons (Fsp3) is 0.263. The summed E-state index contributed by atoms with van der Waals surface area (Å²) in [6.45, 7) is 2.19. The topological polar surface area (TPSA) is 78.6 Å². The first-order chi connectivity index (χ1) is 12.5. The van der Waals surface area contributed by atoms with Crippen molar-refractivity contribution in [2.45, 2.75) is 19.1 Å². The highest BCUT2D eigenvalue weighted by atomic mass is 79.9. The predicted molar refractivity (Wildman–Crippen MR) is 102 cm³/mol. The lowest BCUT2D eigenvalue weighted by molar-refractivity contribution is 0.0692. The second kappa shape index (κ2) is 6.83. The Morgan fingerprint density at radius 1 is 1.27 bits per heavy atom. The van der Waals surface area contributed by atoms with E-state index in [2.05, 4.69) is 25.9 Å². The summed E-state index contributed by atoms with van der Waals surface area (Å²) >= 11 is 3.44. The van der Waals surface area contributed by atoms with Crippen LogP contribution in [0.2, 0.25) is 0 Å². The molecule has 0 aliphatic carbocycles. The highest BCUT2D eigenvalue weighted by Crippen LogP contribution is 2.26. The number of halogens is 1. The van der Waals surface area contributed by atoms with Crippen LogP contribution in [0.3, 0.4) is 0 Å². The van der Waals surface area contributed by atoms with Crippen LogP contribution in [0.25, 0.3) is 16.6 Å². The van der Waals surface area contributed by atoms with Crippen molar-refractivity contribution >= 4 is 32.8 Å². The van der Waals surface area contributed by atoms with E-state index in [1.165, 1.54) is 0 Å². The Kier molecular flexibility index (Phi) is 4.52. The van der Waals surface area contributed by atoms with Gasteiger partial charge in [-0.3, -0.25) is 4.90 Å². The Bertz CT molecular complexity index is 985. The van der Waals surface area contributed by atoms with E-state index >= 15 is 0 Å². The molecule has 1 aliphatic heterocycles. The second-order valence-corrected chi connectivity index (χ2v) is 7.49. The molecule has 0 spiro atoms. The highest BCUT2D eigenvalue weighted by molar-refractivity contribution is 9.10. The molecule has 0 bridgehead atoms. The van der Waals surface area contributed by atoms with E-state index in [1.807, 2.05) is 42.5 Å². The van der Waals surface area contributed by atoms with Crippen LogP contribution >= 0.6 is 15.9 Å². The van der Waals surface area contributed by atoms with E-state index < -0.39 is 5.97 Å². The Morgan fingerprint density at radius 2 is 2.12 bits per heavy atom. The summed E-state index contributed by atoms with van der Waals surface area (Å²) in [6.07, 6.45) is 0.510. The molecule has 7 heteroatoms. The summed E-state index contributed by atoms with van der Waals surface area (Å²) in [6, 6.07) is 13.4. The molecule has 0 amide bonds. The van der Waals surface area contributed by atoms with Gasteiger partial charge in [0, 0.05) is 29.5 Å². The molecular formula is C19H18BrN3O3. The molecule has 2 heterocycles. The summed E-state index contributed by atoms with van der Waals surface area (Å²) < 4.78 is 2.56. The summed E-state index contributed by atoms with van der Waals surface area (Å²) in [4.78, 5) is 13.9. The Balaban J connectivity index is 1.77. The molecule has 0 radical (unpaired) electrons. The number of benzene rings is 2. The van der Waals surface area contributed by atoms with Crippen LogP contribution in [-0.4, -0.2) is 50.1 Å². The minimum atomic E-state index is -1.04. The van der Waals surface area contributed by atoms with Gasteiger partial charge in [-0.05, 0) is 42.3 Å². The molecule has 1 atom stereocenters. The number of hydrogen-bond acceptors (Lipinski definition) is 4. The Labute approximate surface area is 158 Å². The maximum atomic E-state index is 11.7. The second-order valence-electron chi connectivity index (χ2n) is 6.57. The van der Waals surface area contributed by atoms with Crippen molar-refractivity contribution in [3.8, 4) is 5.69 Å². The van der Waals surface area contributed by atoms with Gasteiger partial charge < -0.3 is 10.2 Å². The van der Waals surface area contributed by atoms with Crippen LogP contribution in [0, 0.1) is 0 Å². The van der Waals surface area contributed by atoms with Crippen molar-refractivity contribution in [2.75, 3.05) is 13.1 Å². The number of nitrogens with zero attached hydrogens (tertiary/aromatic N) is 3. The van der Waals surface area contributed by atoms with Crippen LogP contribution < -0.4 is 0 Å². The molecule has 3 aromatic rings. The molecular weight excluding hydrogens is 398 g/mol. The third kappa shape index (κ3) is 3.25. The number of carbonyl (C=O) groups is 1. The van der Waals surface area contributed by atoms with Gasteiger partial charge in [-0.25, -0.2) is 9.48 Å². The third-order valence-corrected chi connectivity index (χ3v) is 5.15. The van der Waals surface area contributed by atoms with Gasteiger partial charge in [0.1, 0.15) is 0 Å². The molecule has 1 aliphatic rings. The van der Waals surface area contributed by atoms with Gasteiger partial charge in [-0.2, -0.15) is 5.10 Å². The smallest absolute Gasteiger partial charge is 0.357 e. The van der Waals surface area contributed by atoms with Crippen molar-refractivity contribution in [3.63, 3.8) is 0 Å². The number of aliphatic hydroxyl groups excluding tert-OH is 1. The molecule has 26 heavy (non-hydrogen) atoms. The lowest BCUT2D eigenvalue weighted by atomic mass is 10.1. The number of carboxylic acids is 1. The Hall–Kier alpha value is -2.22. The van der Waals surface area contributed by atoms with Gasteiger partial charge in [0.25, 0.3) is 0 Å². The first kappa shape index (κ1) is 17.2. The third-order valence-electron chi connectivity index (χ3n) is 4.65. The molecule has 1 fully saturated rings. The number of fused-ring (bicyclic) bond motifs is 1. The van der Waals surface area contributed by atoms with Gasteiger partial charge in [0.05, 0.1) is 17.3 Å². The number of aliphatic hydroxyl groups is 1. The molecule has 4 rings (SSSR count). The number of β-amino-alcohol motifs (C(OH)–C–C–N with tert-alkyl or cyclic N) is 1. The maximum absolute atomic E-state index is 11.7. The fourth-order valence-electron chi connectivity index (χ4n) is 3.44. The van der Waals surface area contributed by atoms with Crippen LogP contribution in [0.5, 0.6) is 0 Å². The number of rotatable bonds is 4. The van der Waals surface area contributed by atoms with Crippen molar-refractivity contribution in [2.24, 2.45) is 0 Å². The first-order valence-corrected chi connectivity index (χ1v) is 9.22. The quantitative estimate of drug-likeness (QED) is 0.684. The van der Waals surface area contributed by atoms with E-state index in [4.69, 9.17) is 0 Å². The molecule has 134 valence electrons. The number of aromatic carboxylic acids is 1. The normalized spacial score (nSPS) is 17.8. The highest BCUT2D eigenvalue weighted by Gasteiger charge is 2.22. The first-order valence-electron chi connectivity index (χ1n) is 8.42. The van der Waals surface area contributed by atoms with Crippen molar-refractivity contribution in [1.29, 1.82) is 0 Å². The average Bonchev–Trinajstić information content (AvgIpc) is 3.18. The molecule has 2 aromatic carbocycles. The molecule has 0 saturated carbocycles. The molecule has 2 N–H and O–H groups in total. The van der Waals surface area contributed by atoms with E-state index in [1.54, 1.807) is 4.68 Å². The predicted octanol–water partition coefficient (Wildman–Crippen LogP) is 3.05. The number of hydrogen-bond donors (Lipinski definition) is 2. The van der Waals surface area contributed by atoms with E-state index in [-0.39, 0.29) is 11.8 Å². The van der Waals surface area contributed by atoms with Gasteiger partial charge in [0.2, 0.25) is 0 Å². The molecule has 1 aromatic heterocycles.